The van der Waals surface area contributed by atoms with Crippen molar-refractivity contribution in [3.8, 4) is 0 Å². The fourth-order valence-corrected chi connectivity index (χ4v) is 2.73. The lowest BCUT2D eigenvalue weighted by atomic mass is 10.1. The molecule has 0 aliphatic rings. The first-order chi connectivity index (χ1) is 11.7. The average molecular weight is 358 g/mol. The van der Waals surface area contributed by atoms with E-state index in [0.717, 1.165) is 13.0 Å². The summed E-state index contributed by atoms with van der Waals surface area (Å²) in [5, 5.41) is 5.80. The maximum atomic E-state index is 12.8. The van der Waals surface area contributed by atoms with Crippen molar-refractivity contribution >= 4 is 29.0 Å². The van der Waals surface area contributed by atoms with Crippen LogP contribution in [-0.4, -0.2) is 18.9 Å². The van der Waals surface area contributed by atoms with E-state index in [1.54, 1.807) is 0 Å². The van der Waals surface area contributed by atoms with Gasteiger partial charge in [0, 0.05) is 18.5 Å². The van der Waals surface area contributed by atoms with Crippen molar-refractivity contribution in [1.29, 1.82) is 0 Å². The van der Waals surface area contributed by atoms with Gasteiger partial charge in [0.25, 0.3) is 0 Å². The number of carbonyl (C=O) groups excluding carboxylic acids is 1. The van der Waals surface area contributed by atoms with E-state index >= 15 is 0 Å². The number of carbonyl (C=O) groups is 1. The van der Waals surface area contributed by atoms with E-state index in [1.165, 1.54) is 40.6 Å². The Balaban J connectivity index is 0.00000225. The van der Waals surface area contributed by atoms with Crippen LogP contribution in [0.2, 0.25) is 0 Å². The number of benzene rings is 3. The number of hydrogen-bond donors (Lipinski definition) is 1. The lowest BCUT2D eigenvalue weighted by Crippen LogP contribution is -2.21. The minimum absolute atomic E-state index is 0. The Kier molecular flexibility index (Phi) is 7.11. The molecule has 3 aromatic carbocycles. The monoisotopic (exact) mass is 357 g/mol. The number of ketones is 1. The van der Waals surface area contributed by atoms with Crippen molar-refractivity contribution in [2.75, 3.05) is 13.1 Å². The topological polar surface area (TPSA) is 29.1 Å². The smallest absolute Gasteiger partial charge is 0.164 e. The van der Waals surface area contributed by atoms with E-state index in [2.05, 4.69) is 35.6 Å². The van der Waals surface area contributed by atoms with Gasteiger partial charge in [-0.3, -0.25) is 4.79 Å². The molecule has 0 heterocycles. The van der Waals surface area contributed by atoms with Crippen LogP contribution in [0.5, 0.6) is 0 Å². The molecule has 0 spiro atoms. The number of hydrogen-bond acceptors (Lipinski definition) is 2. The second-order valence-electron chi connectivity index (χ2n) is 5.86. The van der Waals surface area contributed by atoms with Crippen LogP contribution in [0.15, 0.2) is 66.7 Å². The lowest BCUT2D eigenvalue weighted by Gasteiger charge is -2.06. The minimum Gasteiger partial charge on any atom is -0.316 e. The van der Waals surface area contributed by atoms with Gasteiger partial charge in [-0.2, -0.15) is 0 Å². The summed E-state index contributed by atoms with van der Waals surface area (Å²) in [4.78, 5) is 12.0. The van der Waals surface area contributed by atoms with Crippen LogP contribution in [0.4, 0.5) is 4.39 Å². The highest BCUT2D eigenvalue weighted by atomic mass is 35.5. The first-order valence-corrected chi connectivity index (χ1v) is 8.19. The molecule has 0 atom stereocenters. The van der Waals surface area contributed by atoms with Crippen LogP contribution in [0.25, 0.3) is 10.8 Å². The molecule has 2 nitrogen and oxygen atoms in total. The second-order valence-corrected chi connectivity index (χ2v) is 5.86. The maximum Gasteiger partial charge on any atom is 0.164 e. The zero-order valence-electron chi connectivity index (χ0n) is 13.9. The maximum absolute atomic E-state index is 12.8. The Morgan fingerprint density at radius 1 is 0.880 bits per heavy atom. The van der Waals surface area contributed by atoms with Gasteiger partial charge in [-0.15, -0.1) is 12.4 Å². The van der Waals surface area contributed by atoms with Crippen molar-refractivity contribution in [3.05, 3.63) is 83.7 Å². The summed E-state index contributed by atoms with van der Waals surface area (Å²) in [6, 6.07) is 20.5. The summed E-state index contributed by atoms with van der Waals surface area (Å²) in [6.45, 7) is 1.46. The molecule has 25 heavy (non-hydrogen) atoms. The second kappa shape index (κ2) is 9.30. The van der Waals surface area contributed by atoms with Crippen molar-refractivity contribution in [2.45, 2.75) is 12.8 Å². The molecule has 3 aromatic rings. The standard InChI is InChI=1S/C21H20FNO.ClH/c22-20-9-7-18(8-10-20)21(24)12-14-23-13-11-16-5-6-17-3-1-2-4-19(17)15-16;/h1-10,15,23H,11-14H2;1H. The normalized spacial score (nSPS) is 10.4. The van der Waals surface area contributed by atoms with E-state index in [1.807, 2.05) is 12.1 Å². The fourth-order valence-electron chi connectivity index (χ4n) is 2.73. The summed E-state index contributed by atoms with van der Waals surface area (Å²) >= 11 is 0. The SMILES string of the molecule is Cl.O=C(CCNCCc1ccc2ccccc2c1)c1ccc(F)cc1. The van der Waals surface area contributed by atoms with Crippen LogP contribution in [0.3, 0.4) is 0 Å². The Hall–Kier alpha value is -2.23. The molecule has 0 saturated heterocycles. The Morgan fingerprint density at radius 2 is 1.60 bits per heavy atom. The molecule has 0 amide bonds. The molecule has 0 radical (unpaired) electrons. The third-order valence-corrected chi connectivity index (χ3v) is 4.10. The van der Waals surface area contributed by atoms with Gasteiger partial charge < -0.3 is 5.32 Å². The molecular formula is C21H21ClFNO. The van der Waals surface area contributed by atoms with E-state index in [4.69, 9.17) is 0 Å². The number of halogens is 2. The molecule has 3 rings (SSSR count). The summed E-state index contributed by atoms with van der Waals surface area (Å²) in [5.41, 5.74) is 1.85. The molecule has 0 saturated carbocycles. The molecule has 0 aliphatic carbocycles. The van der Waals surface area contributed by atoms with Crippen LogP contribution < -0.4 is 5.32 Å². The fraction of sp³-hybridized carbons (Fsp3) is 0.190. The van der Waals surface area contributed by atoms with Crippen molar-refractivity contribution in [3.63, 3.8) is 0 Å². The van der Waals surface area contributed by atoms with E-state index in [9.17, 15) is 9.18 Å². The van der Waals surface area contributed by atoms with Crippen molar-refractivity contribution < 1.29 is 9.18 Å². The number of Topliss-reactive ketones (excluding diaryl/α,β-unsaturated/α-hetero) is 1. The van der Waals surface area contributed by atoms with Crippen LogP contribution in [0, 0.1) is 5.82 Å². The number of rotatable bonds is 7. The van der Waals surface area contributed by atoms with Crippen molar-refractivity contribution in [1.82, 2.24) is 5.32 Å². The lowest BCUT2D eigenvalue weighted by molar-refractivity contribution is 0.0982. The van der Waals surface area contributed by atoms with Gasteiger partial charge in [-0.05, 0) is 53.6 Å². The van der Waals surface area contributed by atoms with Gasteiger partial charge in [0.1, 0.15) is 5.82 Å². The van der Waals surface area contributed by atoms with Gasteiger partial charge in [-0.1, -0.05) is 42.5 Å². The molecule has 4 heteroatoms. The first kappa shape index (κ1) is 19.1. The first-order valence-electron chi connectivity index (χ1n) is 8.19. The molecule has 0 fully saturated rings. The molecule has 0 unspecified atom stereocenters. The highest BCUT2D eigenvalue weighted by molar-refractivity contribution is 5.96. The van der Waals surface area contributed by atoms with Gasteiger partial charge in [-0.25, -0.2) is 4.39 Å². The van der Waals surface area contributed by atoms with Crippen LogP contribution in [0.1, 0.15) is 22.3 Å². The molecule has 0 aromatic heterocycles. The van der Waals surface area contributed by atoms with E-state index in [-0.39, 0.29) is 24.0 Å². The van der Waals surface area contributed by atoms with Gasteiger partial charge >= 0.3 is 0 Å². The Morgan fingerprint density at radius 3 is 2.36 bits per heavy atom. The van der Waals surface area contributed by atoms with Crippen LogP contribution >= 0.6 is 12.4 Å². The number of fused-ring (bicyclic) bond motifs is 1. The predicted molar refractivity (Wildman–Crippen MR) is 103 cm³/mol. The summed E-state index contributed by atoms with van der Waals surface area (Å²) in [7, 11) is 0. The van der Waals surface area contributed by atoms with E-state index < -0.39 is 0 Å². The van der Waals surface area contributed by atoms with Gasteiger partial charge in [0.15, 0.2) is 5.78 Å². The highest BCUT2D eigenvalue weighted by Crippen LogP contribution is 2.15. The third kappa shape index (κ3) is 5.38. The minimum atomic E-state index is -0.319. The van der Waals surface area contributed by atoms with Crippen LogP contribution in [-0.2, 0) is 6.42 Å². The number of nitrogens with one attached hydrogen (secondary N) is 1. The largest absolute Gasteiger partial charge is 0.316 e. The Labute approximate surface area is 153 Å². The molecule has 0 bridgehead atoms. The Bertz CT molecular complexity index is 833. The summed E-state index contributed by atoms with van der Waals surface area (Å²) in [6.07, 6.45) is 1.35. The molecule has 0 aliphatic heterocycles. The summed E-state index contributed by atoms with van der Waals surface area (Å²) in [5.74, 6) is -0.284. The van der Waals surface area contributed by atoms with Crippen molar-refractivity contribution in [2.24, 2.45) is 0 Å². The average Bonchev–Trinajstić information content (AvgIpc) is 2.61. The molecular weight excluding hydrogens is 337 g/mol. The predicted octanol–water partition coefficient (Wildman–Crippen LogP) is 4.81. The third-order valence-electron chi connectivity index (χ3n) is 4.10. The van der Waals surface area contributed by atoms with Gasteiger partial charge in [0.2, 0.25) is 0 Å². The zero-order valence-corrected chi connectivity index (χ0v) is 14.7. The summed E-state index contributed by atoms with van der Waals surface area (Å²) < 4.78 is 12.8. The molecule has 130 valence electrons. The quantitative estimate of drug-likeness (QED) is 0.486. The zero-order chi connectivity index (χ0) is 16.8. The molecule has 1 N–H and O–H groups in total. The van der Waals surface area contributed by atoms with E-state index in [0.29, 0.717) is 18.5 Å². The highest BCUT2D eigenvalue weighted by Gasteiger charge is 2.05. The van der Waals surface area contributed by atoms with Gasteiger partial charge in [0.05, 0.1) is 0 Å².